The van der Waals surface area contributed by atoms with Gasteiger partial charge in [-0.15, -0.1) is 0 Å². The molecule has 2 atom stereocenters. The molecule has 0 aliphatic carbocycles. The second-order valence-electron chi connectivity index (χ2n) is 4.51. The molecule has 0 saturated carbocycles. The lowest BCUT2D eigenvalue weighted by atomic mass is 9.92. The van der Waals surface area contributed by atoms with Gasteiger partial charge in [-0.1, -0.05) is 18.2 Å². The zero-order valence-electron chi connectivity index (χ0n) is 9.54. The van der Waals surface area contributed by atoms with Crippen molar-refractivity contribution < 1.29 is 9.84 Å². The molecule has 1 aromatic carbocycles. The van der Waals surface area contributed by atoms with Crippen LogP contribution in [0, 0.1) is 5.92 Å². The highest BCUT2D eigenvalue weighted by Crippen LogP contribution is 2.32. The first kappa shape index (κ1) is 10.7. The normalized spacial score (nSPS) is 21.8. The molecule has 1 fully saturated rings. The van der Waals surface area contributed by atoms with Gasteiger partial charge in [0.05, 0.1) is 12.7 Å². The number of aliphatic hydroxyl groups excluding tert-OH is 1. The van der Waals surface area contributed by atoms with E-state index in [4.69, 9.17) is 4.74 Å². The van der Waals surface area contributed by atoms with Gasteiger partial charge in [-0.05, 0) is 23.4 Å². The summed E-state index contributed by atoms with van der Waals surface area (Å²) in [6, 6.07) is 7.97. The predicted octanol–water partition coefficient (Wildman–Crippen LogP) is 2.30. The van der Waals surface area contributed by atoms with Gasteiger partial charge >= 0.3 is 0 Å². The number of hydrogen-bond donors (Lipinski definition) is 1. The second kappa shape index (κ2) is 4.43. The van der Waals surface area contributed by atoms with Crippen LogP contribution in [0.2, 0.25) is 0 Å². The molecule has 17 heavy (non-hydrogen) atoms. The monoisotopic (exact) mass is 229 g/mol. The molecule has 2 aromatic rings. The van der Waals surface area contributed by atoms with Gasteiger partial charge in [-0.3, -0.25) is 4.98 Å². The zero-order chi connectivity index (χ0) is 11.7. The molecule has 1 aliphatic heterocycles. The van der Waals surface area contributed by atoms with Crippen LogP contribution in [0.1, 0.15) is 18.1 Å². The maximum atomic E-state index is 10.4. The fourth-order valence-corrected chi connectivity index (χ4v) is 2.45. The molecule has 0 bridgehead atoms. The van der Waals surface area contributed by atoms with E-state index in [0.717, 1.165) is 29.4 Å². The summed E-state index contributed by atoms with van der Waals surface area (Å²) >= 11 is 0. The van der Waals surface area contributed by atoms with Crippen LogP contribution in [-0.2, 0) is 4.74 Å². The minimum absolute atomic E-state index is 0.209. The molecular formula is C14H15NO2. The Labute approximate surface area is 100 Å². The first-order chi connectivity index (χ1) is 8.36. The summed E-state index contributed by atoms with van der Waals surface area (Å²) < 4.78 is 5.34. The molecule has 3 heteroatoms. The molecule has 88 valence electrons. The van der Waals surface area contributed by atoms with Crippen LogP contribution in [0.5, 0.6) is 0 Å². The molecule has 0 spiro atoms. The van der Waals surface area contributed by atoms with E-state index >= 15 is 0 Å². The van der Waals surface area contributed by atoms with E-state index in [-0.39, 0.29) is 5.92 Å². The van der Waals surface area contributed by atoms with E-state index in [1.54, 1.807) is 6.20 Å². The van der Waals surface area contributed by atoms with Crippen LogP contribution in [0.4, 0.5) is 0 Å². The number of nitrogens with zero attached hydrogens (tertiary/aromatic N) is 1. The standard InChI is InChI=1S/C14H15NO2/c16-14(11-5-7-17-9-11)12-3-1-2-10-4-6-15-8-13(10)12/h1-4,6,8,11,14,16H,5,7,9H2. The van der Waals surface area contributed by atoms with Gasteiger partial charge in [0.25, 0.3) is 0 Å². The van der Waals surface area contributed by atoms with E-state index in [1.807, 2.05) is 30.5 Å². The lowest BCUT2D eigenvalue weighted by Gasteiger charge is -2.18. The quantitative estimate of drug-likeness (QED) is 0.859. The Bertz CT molecular complexity index is 515. The Balaban J connectivity index is 2.04. The molecule has 2 heterocycles. The minimum Gasteiger partial charge on any atom is -0.388 e. The van der Waals surface area contributed by atoms with Crippen LogP contribution < -0.4 is 0 Å². The van der Waals surface area contributed by atoms with Crippen LogP contribution >= 0.6 is 0 Å². The molecule has 1 aromatic heterocycles. The van der Waals surface area contributed by atoms with E-state index < -0.39 is 6.10 Å². The van der Waals surface area contributed by atoms with Crippen LogP contribution in [0.25, 0.3) is 10.8 Å². The molecule has 1 saturated heterocycles. The smallest absolute Gasteiger partial charge is 0.0847 e. The summed E-state index contributed by atoms with van der Waals surface area (Å²) in [6.45, 7) is 1.41. The molecular weight excluding hydrogens is 214 g/mol. The van der Waals surface area contributed by atoms with Gasteiger partial charge < -0.3 is 9.84 Å². The third-order valence-corrected chi connectivity index (χ3v) is 3.45. The summed E-state index contributed by atoms with van der Waals surface area (Å²) in [5, 5.41) is 12.6. The number of aliphatic hydroxyl groups is 1. The Kier molecular flexibility index (Phi) is 2.79. The van der Waals surface area contributed by atoms with E-state index in [0.29, 0.717) is 6.61 Å². The second-order valence-corrected chi connectivity index (χ2v) is 4.51. The summed E-state index contributed by atoms with van der Waals surface area (Å²) in [4.78, 5) is 4.14. The number of rotatable bonds is 2. The highest BCUT2D eigenvalue weighted by atomic mass is 16.5. The molecule has 3 nitrogen and oxygen atoms in total. The summed E-state index contributed by atoms with van der Waals surface area (Å²) in [5.74, 6) is 0.209. The SMILES string of the molecule is OC(c1cccc2ccncc12)C1CCOC1. The van der Waals surface area contributed by atoms with Crippen LogP contribution in [-0.4, -0.2) is 23.3 Å². The Hall–Kier alpha value is -1.45. The van der Waals surface area contributed by atoms with Crippen molar-refractivity contribution in [2.45, 2.75) is 12.5 Å². The maximum Gasteiger partial charge on any atom is 0.0847 e. The highest BCUT2D eigenvalue weighted by Gasteiger charge is 2.26. The molecule has 3 rings (SSSR count). The van der Waals surface area contributed by atoms with Crippen molar-refractivity contribution in [3.8, 4) is 0 Å². The molecule has 0 radical (unpaired) electrons. The Morgan fingerprint density at radius 1 is 1.35 bits per heavy atom. The molecule has 2 unspecified atom stereocenters. The molecule has 0 amide bonds. The van der Waals surface area contributed by atoms with E-state index in [9.17, 15) is 5.11 Å². The van der Waals surface area contributed by atoms with Crippen molar-refractivity contribution in [1.82, 2.24) is 4.98 Å². The van der Waals surface area contributed by atoms with Crippen LogP contribution in [0.3, 0.4) is 0 Å². The average Bonchev–Trinajstić information content (AvgIpc) is 2.91. The number of aromatic nitrogens is 1. The van der Waals surface area contributed by atoms with Crippen molar-refractivity contribution in [3.05, 3.63) is 42.2 Å². The predicted molar refractivity (Wildman–Crippen MR) is 65.6 cm³/mol. The van der Waals surface area contributed by atoms with E-state index in [1.165, 1.54) is 0 Å². The van der Waals surface area contributed by atoms with Crippen molar-refractivity contribution in [1.29, 1.82) is 0 Å². The number of hydrogen-bond acceptors (Lipinski definition) is 3. The molecule has 1 aliphatic rings. The Morgan fingerprint density at radius 2 is 2.29 bits per heavy atom. The van der Waals surface area contributed by atoms with E-state index in [2.05, 4.69) is 4.98 Å². The average molecular weight is 229 g/mol. The van der Waals surface area contributed by atoms with Gasteiger partial charge in [0.1, 0.15) is 0 Å². The lowest BCUT2D eigenvalue weighted by molar-refractivity contribution is 0.0929. The summed E-state index contributed by atoms with van der Waals surface area (Å²) in [7, 11) is 0. The fraction of sp³-hybridized carbons (Fsp3) is 0.357. The zero-order valence-corrected chi connectivity index (χ0v) is 9.54. The first-order valence-corrected chi connectivity index (χ1v) is 5.95. The van der Waals surface area contributed by atoms with Crippen molar-refractivity contribution in [2.24, 2.45) is 5.92 Å². The van der Waals surface area contributed by atoms with Gasteiger partial charge in [0.15, 0.2) is 0 Å². The Morgan fingerprint density at radius 3 is 3.12 bits per heavy atom. The van der Waals surface area contributed by atoms with Gasteiger partial charge in [-0.25, -0.2) is 0 Å². The number of pyridine rings is 1. The number of ether oxygens (including phenoxy) is 1. The topological polar surface area (TPSA) is 42.4 Å². The van der Waals surface area contributed by atoms with Gasteiger partial charge in [0.2, 0.25) is 0 Å². The summed E-state index contributed by atoms with van der Waals surface area (Å²) in [5.41, 5.74) is 0.964. The summed E-state index contributed by atoms with van der Waals surface area (Å²) in [6.07, 6.45) is 4.07. The third kappa shape index (κ3) is 1.92. The van der Waals surface area contributed by atoms with Crippen molar-refractivity contribution >= 4 is 10.8 Å². The van der Waals surface area contributed by atoms with Gasteiger partial charge in [0, 0.05) is 30.3 Å². The fourth-order valence-electron chi connectivity index (χ4n) is 2.45. The van der Waals surface area contributed by atoms with Crippen molar-refractivity contribution in [3.63, 3.8) is 0 Å². The number of fused-ring (bicyclic) bond motifs is 1. The maximum absolute atomic E-state index is 10.4. The van der Waals surface area contributed by atoms with Crippen molar-refractivity contribution in [2.75, 3.05) is 13.2 Å². The van der Waals surface area contributed by atoms with Crippen LogP contribution in [0.15, 0.2) is 36.7 Å². The largest absolute Gasteiger partial charge is 0.388 e. The third-order valence-electron chi connectivity index (χ3n) is 3.45. The lowest BCUT2D eigenvalue weighted by Crippen LogP contribution is -2.12. The van der Waals surface area contributed by atoms with Gasteiger partial charge in [-0.2, -0.15) is 0 Å². The molecule has 1 N–H and O–H groups in total. The first-order valence-electron chi connectivity index (χ1n) is 5.95. The number of benzene rings is 1. The highest BCUT2D eigenvalue weighted by molar-refractivity contribution is 5.85. The minimum atomic E-state index is -0.453.